The highest BCUT2D eigenvalue weighted by molar-refractivity contribution is 5.47. The van der Waals surface area contributed by atoms with Gasteiger partial charge in [0.05, 0.1) is 30.7 Å². The van der Waals surface area contributed by atoms with E-state index in [9.17, 15) is 5.11 Å². The van der Waals surface area contributed by atoms with Gasteiger partial charge in [0.1, 0.15) is 18.5 Å². The summed E-state index contributed by atoms with van der Waals surface area (Å²) in [5, 5.41) is 15.6. The van der Waals surface area contributed by atoms with Gasteiger partial charge >= 0.3 is 0 Å². The van der Waals surface area contributed by atoms with E-state index in [-0.39, 0.29) is 6.61 Å². The second kappa shape index (κ2) is 13.6. The number of aliphatic hydroxyl groups excluding tert-OH is 1. The molecular weight excluding hydrogens is 482 g/mol. The maximum absolute atomic E-state index is 10.8. The highest BCUT2D eigenvalue weighted by atomic mass is 16.5. The summed E-state index contributed by atoms with van der Waals surface area (Å²) in [6.07, 6.45) is -0.699. The van der Waals surface area contributed by atoms with Gasteiger partial charge in [0.15, 0.2) is 11.5 Å². The van der Waals surface area contributed by atoms with Crippen LogP contribution in [0.5, 0.6) is 23.1 Å². The minimum Gasteiger partial charge on any atom is -0.493 e. The Morgan fingerprint density at radius 3 is 2.24 bits per heavy atom. The van der Waals surface area contributed by atoms with Gasteiger partial charge in [-0.05, 0) is 43.3 Å². The summed E-state index contributed by atoms with van der Waals surface area (Å²) >= 11 is 0. The van der Waals surface area contributed by atoms with Crippen molar-refractivity contribution in [1.82, 2.24) is 14.7 Å². The van der Waals surface area contributed by atoms with E-state index in [1.54, 1.807) is 18.9 Å². The number of rotatable bonds is 14. The largest absolute Gasteiger partial charge is 0.493 e. The lowest BCUT2D eigenvalue weighted by atomic mass is 10.2. The van der Waals surface area contributed by atoms with Crippen LogP contribution in [0.15, 0.2) is 84.9 Å². The van der Waals surface area contributed by atoms with Crippen LogP contribution in [-0.4, -0.2) is 66.4 Å². The van der Waals surface area contributed by atoms with Gasteiger partial charge in [-0.2, -0.15) is 5.10 Å². The molecule has 1 atom stereocenters. The minimum atomic E-state index is -0.699. The molecule has 0 aliphatic carbocycles. The molecule has 0 aliphatic heterocycles. The normalized spacial score (nSPS) is 11.9. The molecule has 8 heteroatoms. The molecule has 1 N–H and O–H groups in total. The fraction of sp³-hybridized carbons (Fsp3) is 0.300. The first kappa shape index (κ1) is 27.2. The first-order valence-electron chi connectivity index (χ1n) is 12.6. The summed E-state index contributed by atoms with van der Waals surface area (Å²) in [4.78, 5) is 2.12. The molecule has 38 heavy (non-hydrogen) atoms. The van der Waals surface area contributed by atoms with Crippen LogP contribution in [0.3, 0.4) is 0 Å². The second-order valence-corrected chi connectivity index (χ2v) is 8.88. The predicted octanol–water partition coefficient (Wildman–Crippen LogP) is 4.87. The zero-order valence-electron chi connectivity index (χ0n) is 22.1. The minimum absolute atomic E-state index is 0.181. The molecule has 0 saturated heterocycles. The monoisotopic (exact) mass is 517 g/mol. The molecule has 8 nitrogen and oxygen atoms in total. The molecular formula is C30H35N3O5. The Morgan fingerprint density at radius 2 is 1.55 bits per heavy atom. The number of nitrogens with zero attached hydrogens (tertiary/aromatic N) is 3. The van der Waals surface area contributed by atoms with Gasteiger partial charge in [-0.1, -0.05) is 48.5 Å². The van der Waals surface area contributed by atoms with Crippen LogP contribution in [0.25, 0.3) is 5.69 Å². The first-order valence-corrected chi connectivity index (χ1v) is 12.6. The van der Waals surface area contributed by atoms with Crippen LogP contribution in [0.4, 0.5) is 0 Å². The first-order chi connectivity index (χ1) is 18.6. The maximum Gasteiger partial charge on any atom is 0.227 e. The Hall–Kier alpha value is -3.85. The van der Waals surface area contributed by atoms with Crippen LogP contribution < -0.4 is 14.2 Å². The van der Waals surface area contributed by atoms with Crippen molar-refractivity contribution >= 4 is 0 Å². The van der Waals surface area contributed by atoms with E-state index in [0.717, 1.165) is 22.7 Å². The molecule has 0 bridgehead atoms. The number of benzene rings is 3. The van der Waals surface area contributed by atoms with Crippen LogP contribution in [0, 0.1) is 6.92 Å². The number of para-hydroxylation sites is 4. The van der Waals surface area contributed by atoms with Crippen molar-refractivity contribution in [3.05, 3.63) is 96.2 Å². The second-order valence-electron chi connectivity index (χ2n) is 8.88. The molecule has 4 rings (SSSR count). The van der Waals surface area contributed by atoms with E-state index >= 15 is 0 Å². The number of hydrogen-bond acceptors (Lipinski definition) is 7. The van der Waals surface area contributed by atoms with Gasteiger partial charge in [-0.3, -0.25) is 4.90 Å². The summed E-state index contributed by atoms with van der Waals surface area (Å²) < 4.78 is 25.0. The van der Waals surface area contributed by atoms with Crippen LogP contribution >= 0.6 is 0 Å². The average molecular weight is 518 g/mol. The summed E-state index contributed by atoms with van der Waals surface area (Å²) in [6, 6.07) is 26.9. The zero-order valence-corrected chi connectivity index (χ0v) is 22.1. The topological polar surface area (TPSA) is 78.2 Å². The summed E-state index contributed by atoms with van der Waals surface area (Å²) in [5.74, 6) is 2.54. The Balaban J connectivity index is 1.61. The van der Waals surface area contributed by atoms with E-state index in [0.29, 0.717) is 43.6 Å². The number of hydrogen-bond donors (Lipinski definition) is 1. The van der Waals surface area contributed by atoms with Gasteiger partial charge in [0.2, 0.25) is 5.88 Å². The van der Waals surface area contributed by atoms with E-state index in [1.807, 2.05) is 91.9 Å². The van der Waals surface area contributed by atoms with E-state index < -0.39 is 6.10 Å². The highest BCUT2D eigenvalue weighted by Crippen LogP contribution is 2.36. The molecule has 0 amide bonds. The number of aliphatic hydroxyl groups is 1. The Morgan fingerprint density at radius 1 is 0.895 bits per heavy atom. The standard InChI is InChI=1S/C30H35N3O5/c1-23-27(21-32(18-19-35-2)20-25(34)22-37-26-14-8-5-9-15-26)30(33(31-23)24-12-6-4-7-13-24)38-29-17-11-10-16-28(29)36-3/h4-17,25,34H,18-22H2,1-3H3. The maximum atomic E-state index is 10.8. The fourth-order valence-electron chi connectivity index (χ4n) is 4.12. The molecule has 1 aromatic heterocycles. The molecule has 3 aromatic carbocycles. The predicted molar refractivity (Wildman–Crippen MR) is 146 cm³/mol. The third-order valence-electron chi connectivity index (χ3n) is 6.06. The van der Waals surface area contributed by atoms with Crippen molar-refractivity contribution in [3.63, 3.8) is 0 Å². The fourth-order valence-corrected chi connectivity index (χ4v) is 4.12. The zero-order chi connectivity index (χ0) is 26.7. The van der Waals surface area contributed by atoms with Gasteiger partial charge < -0.3 is 24.1 Å². The number of aromatic nitrogens is 2. The summed E-state index contributed by atoms with van der Waals surface area (Å²) in [6.45, 7) is 4.16. The van der Waals surface area contributed by atoms with Gasteiger partial charge in [-0.25, -0.2) is 4.68 Å². The quantitative estimate of drug-likeness (QED) is 0.256. The summed E-state index contributed by atoms with van der Waals surface area (Å²) in [5.41, 5.74) is 2.62. The van der Waals surface area contributed by atoms with Crippen molar-refractivity contribution in [1.29, 1.82) is 0 Å². The van der Waals surface area contributed by atoms with Crippen molar-refractivity contribution in [3.8, 4) is 28.8 Å². The molecule has 0 fully saturated rings. The third kappa shape index (κ3) is 7.13. The van der Waals surface area contributed by atoms with Gasteiger partial charge in [-0.15, -0.1) is 0 Å². The van der Waals surface area contributed by atoms with Crippen LogP contribution in [-0.2, 0) is 11.3 Å². The van der Waals surface area contributed by atoms with E-state index in [4.69, 9.17) is 24.0 Å². The molecule has 200 valence electrons. The Kier molecular flexibility index (Phi) is 9.75. The number of ether oxygens (including phenoxy) is 4. The molecule has 0 spiro atoms. The lowest BCUT2D eigenvalue weighted by Gasteiger charge is -2.25. The third-order valence-corrected chi connectivity index (χ3v) is 6.06. The van der Waals surface area contributed by atoms with Crippen LogP contribution in [0.1, 0.15) is 11.3 Å². The van der Waals surface area contributed by atoms with Gasteiger partial charge in [0, 0.05) is 26.7 Å². The van der Waals surface area contributed by atoms with E-state index in [1.165, 1.54) is 0 Å². The number of aryl methyl sites for hydroxylation is 1. The molecule has 0 aliphatic rings. The average Bonchev–Trinajstić information content (AvgIpc) is 3.26. The van der Waals surface area contributed by atoms with Crippen molar-refractivity contribution in [2.24, 2.45) is 0 Å². The number of methoxy groups -OCH3 is 2. The summed E-state index contributed by atoms with van der Waals surface area (Å²) in [7, 11) is 3.29. The van der Waals surface area contributed by atoms with E-state index in [2.05, 4.69) is 4.90 Å². The van der Waals surface area contributed by atoms with Crippen LogP contribution in [0.2, 0.25) is 0 Å². The molecule has 4 aromatic rings. The molecule has 0 radical (unpaired) electrons. The highest BCUT2D eigenvalue weighted by Gasteiger charge is 2.23. The Bertz CT molecular complexity index is 1260. The van der Waals surface area contributed by atoms with Crippen molar-refractivity contribution in [2.75, 3.05) is 40.5 Å². The van der Waals surface area contributed by atoms with Crippen molar-refractivity contribution in [2.45, 2.75) is 19.6 Å². The molecule has 0 saturated carbocycles. The lowest BCUT2D eigenvalue weighted by Crippen LogP contribution is -2.37. The SMILES string of the molecule is COCCN(Cc1c(C)nn(-c2ccccc2)c1Oc1ccccc1OC)CC(O)COc1ccccc1. The van der Waals surface area contributed by atoms with Gasteiger partial charge in [0.25, 0.3) is 0 Å². The smallest absolute Gasteiger partial charge is 0.227 e. The molecule has 1 unspecified atom stereocenters. The lowest BCUT2D eigenvalue weighted by molar-refractivity contribution is 0.0539. The molecule has 1 heterocycles. The van der Waals surface area contributed by atoms with Crippen molar-refractivity contribution < 1.29 is 24.1 Å². The Labute approximate surface area is 224 Å².